The Kier molecular flexibility index (Phi) is 4.83. The van der Waals surface area contributed by atoms with Gasteiger partial charge in [0.05, 0.1) is 12.8 Å². The molecule has 0 aliphatic carbocycles. The molecule has 6 nitrogen and oxygen atoms in total. The first-order chi connectivity index (χ1) is 12.1. The first-order valence-electron chi connectivity index (χ1n) is 7.96. The number of aliphatic hydroxyl groups excluding tert-OH is 1. The third kappa shape index (κ3) is 3.14. The predicted octanol–water partition coefficient (Wildman–Crippen LogP) is 1.57. The molecule has 6 heteroatoms. The number of aliphatic hydroxyl groups is 1. The van der Waals surface area contributed by atoms with Gasteiger partial charge < -0.3 is 20.4 Å². The fourth-order valence-corrected chi connectivity index (χ4v) is 2.98. The Labute approximate surface area is 145 Å². The summed E-state index contributed by atoms with van der Waals surface area (Å²) >= 11 is 0. The third-order valence-corrected chi connectivity index (χ3v) is 4.38. The van der Waals surface area contributed by atoms with Gasteiger partial charge in [-0.1, -0.05) is 65.8 Å². The molecule has 0 spiro atoms. The SMILES string of the molecule is COC(=O)[C@@H](N)[C@H](O)C1=NOC(c2ccccc2)(c2ccccc2)C1. The van der Waals surface area contributed by atoms with Gasteiger partial charge in [-0.2, -0.15) is 0 Å². The lowest BCUT2D eigenvalue weighted by molar-refractivity contribution is -0.143. The molecule has 3 N–H and O–H groups in total. The maximum absolute atomic E-state index is 11.6. The number of rotatable bonds is 5. The molecule has 0 aromatic heterocycles. The first kappa shape index (κ1) is 17.1. The highest BCUT2D eigenvalue weighted by molar-refractivity contribution is 5.95. The highest BCUT2D eigenvalue weighted by atomic mass is 16.7. The van der Waals surface area contributed by atoms with Gasteiger partial charge in [0, 0.05) is 17.5 Å². The molecule has 0 saturated carbocycles. The van der Waals surface area contributed by atoms with Crippen LogP contribution < -0.4 is 5.73 Å². The Morgan fingerprint density at radius 1 is 1.16 bits per heavy atom. The molecule has 2 aromatic rings. The van der Waals surface area contributed by atoms with Gasteiger partial charge in [-0.15, -0.1) is 0 Å². The lowest BCUT2D eigenvalue weighted by Crippen LogP contribution is -2.47. The Hall–Kier alpha value is -2.70. The van der Waals surface area contributed by atoms with Crippen LogP contribution in [-0.2, 0) is 20.0 Å². The number of methoxy groups -OCH3 is 1. The molecule has 0 fully saturated rings. The predicted molar refractivity (Wildman–Crippen MR) is 92.8 cm³/mol. The molecule has 1 heterocycles. The molecule has 2 atom stereocenters. The molecule has 2 aromatic carbocycles. The van der Waals surface area contributed by atoms with Gasteiger partial charge in [-0.3, -0.25) is 4.79 Å². The number of benzene rings is 2. The van der Waals surface area contributed by atoms with Crippen molar-refractivity contribution in [2.75, 3.05) is 7.11 Å². The van der Waals surface area contributed by atoms with E-state index in [0.29, 0.717) is 5.71 Å². The van der Waals surface area contributed by atoms with E-state index in [4.69, 9.17) is 10.6 Å². The number of carbonyl (C=O) groups excluding carboxylic acids is 1. The lowest BCUT2D eigenvalue weighted by Gasteiger charge is -2.28. The van der Waals surface area contributed by atoms with Crippen LogP contribution in [0.25, 0.3) is 0 Å². The number of oxime groups is 1. The number of hydrogen-bond donors (Lipinski definition) is 2. The third-order valence-electron chi connectivity index (χ3n) is 4.38. The van der Waals surface area contributed by atoms with Crippen molar-refractivity contribution in [3.05, 3.63) is 71.8 Å². The standard InChI is InChI=1S/C19H20N2O4/c1-24-18(23)16(20)17(22)15-12-19(25-21-15,13-8-4-2-5-9-13)14-10-6-3-7-11-14/h2-11,16-17,22H,12,20H2,1H3/t16-,17+/m0/s1. The molecular formula is C19H20N2O4. The van der Waals surface area contributed by atoms with Gasteiger partial charge in [-0.25, -0.2) is 0 Å². The summed E-state index contributed by atoms with van der Waals surface area (Å²) in [5.74, 6) is -0.702. The molecule has 0 amide bonds. The molecule has 25 heavy (non-hydrogen) atoms. The Balaban J connectivity index is 1.94. The van der Waals surface area contributed by atoms with Crippen molar-refractivity contribution in [1.29, 1.82) is 0 Å². The summed E-state index contributed by atoms with van der Waals surface area (Å²) in [7, 11) is 1.22. The molecule has 1 aliphatic heterocycles. The van der Waals surface area contributed by atoms with Gasteiger partial charge in [0.2, 0.25) is 0 Å². The second-order valence-electron chi connectivity index (χ2n) is 5.90. The molecular weight excluding hydrogens is 320 g/mol. The molecule has 0 saturated heterocycles. The van der Waals surface area contributed by atoms with Crippen molar-refractivity contribution >= 4 is 11.7 Å². The summed E-state index contributed by atoms with van der Waals surface area (Å²) in [6, 6.07) is 18.1. The number of nitrogens with two attached hydrogens (primary N) is 1. The van der Waals surface area contributed by atoms with Crippen molar-refractivity contribution in [3.63, 3.8) is 0 Å². The van der Waals surface area contributed by atoms with E-state index in [0.717, 1.165) is 11.1 Å². The van der Waals surface area contributed by atoms with E-state index >= 15 is 0 Å². The summed E-state index contributed by atoms with van der Waals surface area (Å²) in [5.41, 5.74) is 7.00. The molecule has 0 unspecified atom stereocenters. The summed E-state index contributed by atoms with van der Waals surface area (Å²) in [5, 5.41) is 14.5. The normalized spacial score (nSPS) is 18.0. The van der Waals surface area contributed by atoms with Crippen LogP contribution >= 0.6 is 0 Å². The van der Waals surface area contributed by atoms with Crippen molar-refractivity contribution < 1.29 is 19.5 Å². The molecule has 130 valence electrons. The maximum Gasteiger partial charge on any atom is 0.325 e. The summed E-state index contributed by atoms with van der Waals surface area (Å²) in [6.07, 6.45) is -0.992. The van der Waals surface area contributed by atoms with E-state index < -0.39 is 23.7 Å². The second kappa shape index (κ2) is 7.04. The zero-order valence-corrected chi connectivity index (χ0v) is 13.8. The average molecular weight is 340 g/mol. The van der Waals surface area contributed by atoms with E-state index in [1.165, 1.54) is 7.11 Å². The average Bonchev–Trinajstić information content (AvgIpc) is 3.14. The maximum atomic E-state index is 11.6. The van der Waals surface area contributed by atoms with Crippen LogP contribution in [0.3, 0.4) is 0 Å². The van der Waals surface area contributed by atoms with E-state index in [1.54, 1.807) is 0 Å². The zero-order chi connectivity index (χ0) is 17.9. The summed E-state index contributed by atoms with van der Waals surface area (Å²) in [4.78, 5) is 17.4. The quantitative estimate of drug-likeness (QED) is 0.806. The van der Waals surface area contributed by atoms with E-state index in [-0.39, 0.29) is 6.42 Å². The van der Waals surface area contributed by atoms with Gasteiger partial charge >= 0.3 is 5.97 Å². The number of hydrogen-bond acceptors (Lipinski definition) is 6. The number of ether oxygens (including phenoxy) is 1. The van der Waals surface area contributed by atoms with Crippen LogP contribution in [0.2, 0.25) is 0 Å². The molecule has 3 rings (SSSR count). The van der Waals surface area contributed by atoms with Crippen LogP contribution in [-0.4, -0.2) is 36.0 Å². The summed E-state index contributed by atoms with van der Waals surface area (Å²) < 4.78 is 4.59. The first-order valence-corrected chi connectivity index (χ1v) is 7.96. The highest BCUT2D eigenvalue weighted by Gasteiger charge is 2.45. The number of esters is 1. The van der Waals surface area contributed by atoms with Gasteiger partial charge in [-0.05, 0) is 0 Å². The van der Waals surface area contributed by atoms with Gasteiger partial charge in [0.1, 0.15) is 12.1 Å². The smallest absolute Gasteiger partial charge is 0.325 e. The van der Waals surface area contributed by atoms with Crippen LogP contribution in [0.1, 0.15) is 17.5 Å². The zero-order valence-electron chi connectivity index (χ0n) is 13.8. The molecule has 0 bridgehead atoms. The van der Waals surface area contributed by atoms with Gasteiger partial charge in [0.15, 0.2) is 5.60 Å². The fraction of sp³-hybridized carbons (Fsp3) is 0.263. The number of nitrogens with zero attached hydrogens (tertiary/aromatic N) is 1. The fourth-order valence-electron chi connectivity index (χ4n) is 2.98. The van der Waals surface area contributed by atoms with Crippen LogP contribution in [0, 0.1) is 0 Å². The minimum Gasteiger partial charge on any atom is -0.468 e. The van der Waals surface area contributed by atoms with Crippen molar-refractivity contribution in [1.82, 2.24) is 0 Å². The molecule has 0 radical (unpaired) electrons. The Morgan fingerprint density at radius 2 is 1.68 bits per heavy atom. The van der Waals surface area contributed by atoms with Crippen LogP contribution in [0.15, 0.2) is 65.8 Å². The summed E-state index contributed by atoms with van der Waals surface area (Å²) in [6.45, 7) is 0. The van der Waals surface area contributed by atoms with Crippen molar-refractivity contribution in [2.45, 2.75) is 24.2 Å². The number of carbonyl (C=O) groups is 1. The Bertz CT molecular complexity index is 722. The lowest BCUT2D eigenvalue weighted by atomic mass is 9.81. The van der Waals surface area contributed by atoms with Crippen LogP contribution in [0.5, 0.6) is 0 Å². The van der Waals surface area contributed by atoms with E-state index in [2.05, 4.69) is 9.89 Å². The van der Waals surface area contributed by atoms with Crippen molar-refractivity contribution in [2.24, 2.45) is 10.9 Å². The topological polar surface area (TPSA) is 94.1 Å². The monoisotopic (exact) mass is 340 g/mol. The van der Waals surface area contributed by atoms with Crippen molar-refractivity contribution in [3.8, 4) is 0 Å². The van der Waals surface area contributed by atoms with Crippen LogP contribution in [0.4, 0.5) is 0 Å². The minimum absolute atomic E-state index is 0.285. The highest BCUT2D eigenvalue weighted by Crippen LogP contribution is 2.41. The van der Waals surface area contributed by atoms with E-state index in [9.17, 15) is 9.90 Å². The van der Waals surface area contributed by atoms with Gasteiger partial charge in [0.25, 0.3) is 0 Å². The largest absolute Gasteiger partial charge is 0.468 e. The molecule has 1 aliphatic rings. The minimum atomic E-state index is -1.28. The second-order valence-corrected chi connectivity index (χ2v) is 5.90. The Morgan fingerprint density at radius 3 is 2.16 bits per heavy atom. The van der Waals surface area contributed by atoms with E-state index in [1.807, 2.05) is 60.7 Å².